The second-order valence-electron chi connectivity index (χ2n) is 7.05. The summed E-state index contributed by atoms with van der Waals surface area (Å²) in [6.07, 6.45) is 22.2. The molecular formula is C21H41N3. The number of hydrogen-bond acceptors (Lipinski definition) is 3. The Balaban J connectivity index is 1.82. The fourth-order valence-electron chi connectivity index (χ4n) is 3.33. The molecule has 0 saturated heterocycles. The molecule has 0 unspecified atom stereocenters. The summed E-state index contributed by atoms with van der Waals surface area (Å²) in [5, 5.41) is 0. The Morgan fingerprint density at radius 3 is 2.21 bits per heavy atom. The van der Waals surface area contributed by atoms with Crippen LogP contribution in [0.1, 0.15) is 90.4 Å². The minimum absolute atomic E-state index is 0.744. The Hall–Kier alpha value is -0.830. The molecule has 1 rings (SSSR count). The summed E-state index contributed by atoms with van der Waals surface area (Å²) >= 11 is 0. The van der Waals surface area contributed by atoms with E-state index in [1.54, 1.807) is 0 Å². The fraction of sp³-hybridized carbons (Fsp3) is 0.857. The third kappa shape index (κ3) is 10.9. The summed E-state index contributed by atoms with van der Waals surface area (Å²) in [5.41, 5.74) is 5.65. The van der Waals surface area contributed by atoms with Crippen LogP contribution in [0, 0.1) is 0 Å². The highest BCUT2D eigenvalue weighted by Crippen LogP contribution is 2.13. The average molecular weight is 336 g/mol. The molecule has 0 atom stereocenters. The molecule has 0 amide bonds. The van der Waals surface area contributed by atoms with E-state index in [9.17, 15) is 0 Å². The van der Waals surface area contributed by atoms with Crippen LogP contribution in [0.15, 0.2) is 17.1 Å². The van der Waals surface area contributed by atoms with Crippen molar-refractivity contribution in [3.63, 3.8) is 0 Å². The quantitative estimate of drug-likeness (QED) is 0.307. The van der Waals surface area contributed by atoms with Crippen LogP contribution < -0.4 is 5.73 Å². The van der Waals surface area contributed by atoms with Gasteiger partial charge in [-0.05, 0) is 25.7 Å². The lowest BCUT2D eigenvalue weighted by Crippen LogP contribution is -2.32. The molecular weight excluding hydrogens is 294 g/mol. The lowest BCUT2D eigenvalue weighted by atomic mass is 10.1. The maximum absolute atomic E-state index is 5.65. The van der Waals surface area contributed by atoms with Crippen molar-refractivity contribution in [3.05, 3.63) is 12.2 Å². The first-order valence-corrected chi connectivity index (χ1v) is 10.5. The average Bonchev–Trinajstić information content (AvgIpc) is 3.03. The maximum Gasteiger partial charge on any atom is 0.0990 e. The first kappa shape index (κ1) is 21.2. The number of rotatable bonds is 16. The molecule has 0 fully saturated rings. The topological polar surface area (TPSA) is 41.6 Å². The van der Waals surface area contributed by atoms with Crippen LogP contribution >= 0.6 is 0 Å². The molecule has 3 nitrogen and oxygen atoms in total. The van der Waals surface area contributed by atoms with Crippen LogP contribution in [0.4, 0.5) is 0 Å². The molecule has 0 bridgehead atoms. The standard InChI is InChI=1S/C21H41N3/c1-2-3-4-5-6-7-8-9-10-11-12-13-14-15-16-21-23-18-20-24(21)19-17-22/h5-6H,2-4,7-20,22H2,1H3/b6-5+. The van der Waals surface area contributed by atoms with E-state index >= 15 is 0 Å². The minimum Gasteiger partial charge on any atom is -0.357 e. The Bertz CT molecular complexity index is 336. The highest BCUT2D eigenvalue weighted by Gasteiger charge is 2.14. The van der Waals surface area contributed by atoms with Gasteiger partial charge >= 0.3 is 0 Å². The molecule has 0 aromatic heterocycles. The maximum atomic E-state index is 5.65. The van der Waals surface area contributed by atoms with Gasteiger partial charge in [0.1, 0.15) is 0 Å². The molecule has 2 N–H and O–H groups in total. The van der Waals surface area contributed by atoms with Gasteiger partial charge in [0.15, 0.2) is 0 Å². The smallest absolute Gasteiger partial charge is 0.0990 e. The molecule has 1 aliphatic rings. The molecule has 0 aliphatic carbocycles. The lowest BCUT2D eigenvalue weighted by Gasteiger charge is -2.19. The normalized spacial score (nSPS) is 14.8. The molecule has 1 aliphatic heterocycles. The van der Waals surface area contributed by atoms with Crippen LogP contribution in [-0.2, 0) is 0 Å². The van der Waals surface area contributed by atoms with Gasteiger partial charge in [0.25, 0.3) is 0 Å². The molecule has 0 aromatic rings. The molecule has 0 radical (unpaired) electrons. The van der Waals surface area contributed by atoms with Gasteiger partial charge in [-0.2, -0.15) is 0 Å². The van der Waals surface area contributed by atoms with Crippen LogP contribution in [-0.4, -0.2) is 36.9 Å². The van der Waals surface area contributed by atoms with Crippen molar-refractivity contribution >= 4 is 5.84 Å². The van der Waals surface area contributed by atoms with Crippen LogP contribution in [0.2, 0.25) is 0 Å². The molecule has 0 saturated carbocycles. The number of allylic oxidation sites excluding steroid dienone is 2. The van der Waals surface area contributed by atoms with Gasteiger partial charge in [-0.25, -0.2) is 0 Å². The summed E-state index contributed by atoms with van der Waals surface area (Å²) < 4.78 is 0. The third-order valence-electron chi connectivity index (χ3n) is 4.84. The lowest BCUT2D eigenvalue weighted by molar-refractivity contribution is 0.456. The van der Waals surface area contributed by atoms with E-state index in [4.69, 9.17) is 5.73 Å². The van der Waals surface area contributed by atoms with Gasteiger partial charge in [0.2, 0.25) is 0 Å². The number of amidine groups is 1. The summed E-state index contributed by atoms with van der Waals surface area (Å²) in [5.74, 6) is 1.31. The zero-order chi connectivity index (χ0) is 17.3. The van der Waals surface area contributed by atoms with Crippen molar-refractivity contribution in [2.24, 2.45) is 10.7 Å². The summed E-state index contributed by atoms with van der Waals surface area (Å²) in [7, 11) is 0. The fourth-order valence-corrected chi connectivity index (χ4v) is 3.33. The van der Waals surface area contributed by atoms with Crippen molar-refractivity contribution in [3.8, 4) is 0 Å². The van der Waals surface area contributed by atoms with E-state index < -0.39 is 0 Å². The van der Waals surface area contributed by atoms with E-state index in [0.717, 1.165) is 32.6 Å². The van der Waals surface area contributed by atoms with E-state index in [2.05, 4.69) is 29.0 Å². The summed E-state index contributed by atoms with van der Waals surface area (Å²) in [6.45, 7) is 6.04. The molecule has 24 heavy (non-hydrogen) atoms. The van der Waals surface area contributed by atoms with Crippen molar-refractivity contribution in [1.82, 2.24) is 4.90 Å². The Morgan fingerprint density at radius 1 is 0.917 bits per heavy atom. The zero-order valence-corrected chi connectivity index (χ0v) is 16.1. The molecule has 0 spiro atoms. The minimum atomic E-state index is 0.744. The van der Waals surface area contributed by atoms with E-state index in [1.165, 1.54) is 82.9 Å². The van der Waals surface area contributed by atoms with E-state index in [1.807, 2.05) is 0 Å². The Labute approximate surface area is 150 Å². The highest BCUT2D eigenvalue weighted by molar-refractivity contribution is 5.83. The van der Waals surface area contributed by atoms with Gasteiger partial charge in [-0.1, -0.05) is 70.4 Å². The molecule has 0 aromatic carbocycles. The molecule has 140 valence electrons. The van der Waals surface area contributed by atoms with Crippen molar-refractivity contribution in [2.45, 2.75) is 90.4 Å². The van der Waals surface area contributed by atoms with Crippen LogP contribution in [0.25, 0.3) is 0 Å². The van der Waals surface area contributed by atoms with E-state index in [0.29, 0.717) is 0 Å². The highest BCUT2D eigenvalue weighted by atomic mass is 15.2. The molecule has 3 heteroatoms. The van der Waals surface area contributed by atoms with Crippen molar-refractivity contribution in [1.29, 1.82) is 0 Å². The van der Waals surface area contributed by atoms with Crippen LogP contribution in [0.5, 0.6) is 0 Å². The van der Waals surface area contributed by atoms with Crippen molar-refractivity contribution in [2.75, 3.05) is 26.2 Å². The zero-order valence-electron chi connectivity index (χ0n) is 16.1. The Kier molecular flexibility index (Phi) is 13.9. The number of nitrogens with two attached hydrogens (primary N) is 1. The number of unbranched alkanes of at least 4 members (excludes halogenated alkanes) is 10. The van der Waals surface area contributed by atoms with Gasteiger partial charge in [0.05, 0.1) is 12.4 Å². The summed E-state index contributed by atoms with van der Waals surface area (Å²) in [4.78, 5) is 6.99. The first-order chi connectivity index (χ1) is 11.9. The second-order valence-corrected chi connectivity index (χ2v) is 7.05. The van der Waals surface area contributed by atoms with Crippen molar-refractivity contribution < 1.29 is 0 Å². The van der Waals surface area contributed by atoms with Gasteiger partial charge in [0, 0.05) is 26.1 Å². The van der Waals surface area contributed by atoms with Gasteiger partial charge in [-0.3, -0.25) is 4.99 Å². The van der Waals surface area contributed by atoms with Gasteiger partial charge in [-0.15, -0.1) is 0 Å². The third-order valence-corrected chi connectivity index (χ3v) is 4.84. The number of nitrogens with zero attached hydrogens (tertiary/aromatic N) is 2. The largest absolute Gasteiger partial charge is 0.357 e. The number of hydrogen-bond donors (Lipinski definition) is 1. The Morgan fingerprint density at radius 2 is 1.54 bits per heavy atom. The predicted molar refractivity (Wildman–Crippen MR) is 108 cm³/mol. The predicted octanol–water partition coefficient (Wildman–Crippen LogP) is 5.31. The second kappa shape index (κ2) is 15.7. The van der Waals surface area contributed by atoms with Crippen LogP contribution in [0.3, 0.4) is 0 Å². The van der Waals surface area contributed by atoms with Gasteiger partial charge < -0.3 is 10.6 Å². The number of aliphatic imine (C=N–C) groups is 1. The molecule has 1 heterocycles. The monoisotopic (exact) mass is 335 g/mol. The SMILES string of the molecule is CCCC/C=C/CCCCCCCCCCC1=NCCN1CCN. The first-order valence-electron chi connectivity index (χ1n) is 10.5. The summed E-state index contributed by atoms with van der Waals surface area (Å²) in [6, 6.07) is 0. The van der Waals surface area contributed by atoms with E-state index in [-0.39, 0.29) is 0 Å².